The zero-order valence-corrected chi connectivity index (χ0v) is 10.8. The van der Waals surface area contributed by atoms with E-state index in [0.29, 0.717) is 0 Å². The van der Waals surface area contributed by atoms with Gasteiger partial charge in [0.2, 0.25) is 5.91 Å². The Hall–Kier alpha value is -1.31. The number of carbonyl (C=O) groups is 1. The molecular formula is C15H21NO. The highest BCUT2D eigenvalue weighted by atomic mass is 16.1. The van der Waals surface area contributed by atoms with Crippen LogP contribution in [0.2, 0.25) is 0 Å². The molecule has 0 unspecified atom stereocenters. The first kappa shape index (κ1) is 12.2. The summed E-state index contributed by atoms with van der Waals surface area (Å²) in [5.41, 5.74) is 3.43. The predicted octanol–water partition coefficient (Wildman–Crippen LogP) is 3.69. The number of aryl methyl sites for hydroxylation is 2. The van der Waals surface area contributed by atoms with Gasteiger partial charge in [-0.05, 0) is 37.3 Å². The van der Waals surface area contributed by atoms with Crippen molar-refractivity contribution < 1.29 is 4.79 Å². The Morgan fingerprint density at radius 3 is 2.71 bits per heavy atom. The summed E-state index contributed by atoms with van der Waals surface area (Å²) in [6, 6.07) is 6.21. The first-order valence-corrected chi connectivity index (χ1v) is 6.61. The van der Waals surface area contributed by atoms with Crippen LogP contribution in [0.1, 0.15) is 43.7 Å². The molecule has 0 spiro atoms. The number of hydrogen-bond donors (Lipinski definition) is 1. The Labute approximate surface area is 103 Å². The minimum atomic E-state index is 0.214. The maximum atomic E-state index is 12.1. The highest BCUT2D eigenvalue weighted by molar-refractivity contribution is 5.94. The zero-order chi connectivity index (χ0) is 12.3. The van der Waals surface area contributed by atoms with E-state index < -0.39 is 0 Å². The van der Waals surface area contributed by atoms with Gasteiger partial charge in [0.15, 0.2) is 0 Å². The lowest BCUT2D eigenvalue weighted by molar-refractivity contribution is -0.119. The van der Waals surface area contributed by atoms with E-state index in [4.69, 9.17) is 0 Å². The number of amides is 1. The molecule has 92 valence electrons. The summed E-state index contributed by atoms with van der Waals surface area (Å²) in [5.74, 6) is 0.450. The quantitative estimate of drug-likeness (QED) is 0.844. The first-order valence-electron chi connectivity index (χ1n) is 6.61. The molecule has 0 bridgehead atoms. The molecule has 1 aliphatic carbocycles. The second-order valence-electron chi connectivity index (χ2n) is 4.93. The van der Waals surface area contributed by atoms with Gasteiger partial charge in [-0.1, -0.05) is 38.0 Å². The fraction of sp³-hybridized carbons (Fsp3) is 0.533. The van der Waals surface area contributed by atoms with Crippen molar-refractivity contribution in [1.29, 1.82) is 0 Å². The second-order valence-corrected chi connectivity index (χ2v) is 4.93. The summed E-state index contributed by atoms with van der Waals surface area (Å²) in [5, 5.41) is 3.13. The van der Waals surface area contributed by atoms with E-state index in [-0.39, 0.29) is 11.8 Å². The number of benzene rings is 1. The maximum absolute atomic E-state index is 12.1. The predicted molar refractivity (Wildman–Crippen MR) is 71.1 cm³/mol. The van der Waals surface area contributed by atoms with E-state index in [2.05, 4.69) is 37.4 Å². The minimum absolute atomic E-state index is 0.214. The summed E-state index contributed by atoms with van der Waals surface area (Å²) in [6.45, 7) is 4.18. The van der Waals surface area contributed by atoms with Crippen LogP contribution < -0.4 is 5.32 Å². The van der Waals surface area contributed by atoms with Gasteiger partial charge in [-0.15, -0.1) is 0 Å². The van der Waals surface area contributed by atoms with Crippen molar-refractivity contribution >= 4 is 11.6 Å². The summed E-state index contributed by atoms with van der Waals surface area (Å²) in [4.78, 5) is 12.1. The molecule has 2 rings (SSSR count). The van der Waals surface area contributed by atoms with Crippen molar-refractivity contribution in [2.24, 2.45) is 5.92 Å². The lowest BCUT2D eigenvalue weighted by atomic mass is 10.0. The molecule has 1 aliphatic rings. The molecule has 2 nitrogen and oxygen atoms in total. The largest absolute Gasteiger partial charge is 0.325 e. The summed E-state index contributed by atoms with van der Waals surface area (Å²) < 4.78 is 0. The van der Waals surface area contributed by atoms with Crippen LogP contribution in [0.5, 0.6) is 0 Å². The van der Waals surface area contributed by atoms with Gasteiger partial charge >= 0.3 is 0 Å². The molecule has 1 amide bonds. The molecule has 0 aliphatic heterocycles. The van der Waals surface area contributed by atoms with Gasteiger partial charge in [0.05, 0.1) is 0 Å². The Morgan fingerprint density at radius 2 is 2.06 bits per heavy atom. The van der Waals surface area contributed by atoms with E-state index >= 15 is 0 Å². The van der Waals surface area contributed by atoms with Crippen LogP contribution in [0.25, 0.3) is 0 Å². The van der Waals surface area contributed by atoms with Gasteiger partial charge in [-0.25, -0.2) is 0 Å². The van der Waals surface area contributed by atoms with E-state index in [1.807, 2.05) is 0 Å². The average Bonchev–Trinajstić information content (AvgIpc) is 2.85. The van der Waals surface area contributed by atoms with Gasteiger partial charge in [0, 0.05) is 11.6 Å². The van der Waals surface area contributed by atoms with E-state index in [0.717, 1.165) is 30.5 Å². The molecule has 0 heterocycles. The Balaban J connectivity index is 2.14. The number of carbonyl (C=O) groups excluding carboxylic acids is 1. The molecule has 1 aromatic rings. The SMILES string of the molecule is CCc1cccc(C)c1NC(=O)C1CCCC1. The standard InChI is InChI=1S/C15H21NO/c1-3-12-10-6-7-11(2)14(12)16-15(17)13-8-4-5-9-13/h6-7,10,13H,3-5,8-9H2,1-2H3,(H,16,17). The molecule has 0 atom stereocenters. The number of para-hydroxylation sites is 1. The second kappa shape index (κ2) is 5.35. The van der Waals surface area contributed by atoms with Gasteiger partial charge in [0.25, 0.3) is 0 Å². The highest BCUT2D eigenvalue weighted by Gasteiger charge is 2.23. The third kappa shape index (κ3) is 2.68. The molecular weight excluding hydrogens is 210 g/mol. The van der Waals surface area contributed by atoms with Crippen LogP contribution in [0, 0.1) is 12.8 Å². The lowest BCUT2D eigenvalue weighted by Gasteiger charge is -2.15. The van der Waals surface area contributed by atoms with Gasteiger partial charge in [-0.3, -0.25) is 4.79 Å². The molecule has 0 saturated heterocycles. The first-order chi connectivity index (χ1) is 8.22. The van der Waals surface area contributed by atoms with E-state index in [9.17, 15) is 4.79 Å². The Bertz CT molecular complexity index is 405. The van der Waals surface area contributed by atoms with Crippen molar-refractivity contribution in [3.05, 3.63) is 29.3 Å². The normalized spacial score (nSPS) is 16.1. The number of hydrogen-bond acceptors (Lipinski definition) is 1. The number of rotatable bonds is 3. The topological polar surface area (TPSA) is 29.1 Å². The van der Waals surface area contributed by atoms with Crippen LogP contribution in [0.4, 0.5) is 5.69 Å². The van der Waals surface area contributed by atoms with Gasteiger partial charge in [-0.2, -0.15) is 0 Å². The van der Waals surface area contributed by atoms with Crippen molar-refractivity contribution in [1.82, 2.24) is 0 Å². The van der Waals surface area contributed by atoms with Gasteiger partial charge in [0.1, 0.15) is 0 Å². The van der Waals surface area contributed by atoms with Crippen LogP contribution in [0.15, 0.2) is 18.2 Å². The van der Waals surface area contributed by atoms with Crippen molar-refractivity contribution in [3.63, 3.8) is 0 Å². The van der Waals surface area contributed by atoms with Crippen molar-refractivity contribution in [2.75, 3.05) is 5.32 Å². The minimum Gasteiger partial charge on any atom is -0.325 e. The summed E-state index contributed by atoms with van der Waals surface area (Å²) in [6.07, 6.45) is 5.47. The molecule has 2 heteroatoms. The molecule has 1 fully saturated rings. The smallest absolute Gasteiger partial charge is 0.227 e. The molecule has 1 saturated carbocycles. The van der Waals surface area contributed by atoms with Crippen molar-refractivity contribution in [2.45, 2.75) is 46.0 Å². The van der Waals surface area contributed by atoms with Crippen LogP contribution >= 0.6 is 0 Å². The molecule has 0 radical (unpaired) electrons. The molecule has 1 aromatic carbocycles. The number of anilines is 1. The third-order valence-corrected chi connectivity index (χ3v) is 3.71. The fourth-order valence-electron chi connectivity index (χ4n) is 2.62. The van der Waals surface area contributed by atoms with Crippen molar-refractivity contribution in [3.8, 4) is 0 Å². The monoisotopic (exact) mass is 231 g/mol. The average molecular weight is 231 g/mol. The third-order valence-electron chi connectivity index (χ3n) is 3.71. The van der Waals surface area contributed by atoms with Crippen LogP contribution in [-0.2, 0) is 11.2 Å². The number of nitrogens with one attached hydrogen (secondary N) is 1. The zero-order valence-electron chi connectivity index (χ0n) is 10.8. The highest BCUT2D eigenvalue weighted by Crippen LogP contribution is 2.28. The Kier molecular flexibility index (Phi) is 3.82. The van der Waals surface area contributed by atoms with Crippen LogP contribution in [0.3, 0.4) is 0 Å². The summed E-state index contributed by atoms with van der Waals surface area (Å²) >= 11 is 0. The van der Waals surface area contributed by atoms with E-state index in [1.165, 1.54) is 18.4 Å². The Morgan fingerprint density at radius 1 is 1.35 bits per heavy atom. The van der Waals surface area contributed by atoms with Gasteiger partial charge < -0.3 is 5.32 Å². The lowest BCUT2D eigenvalue weighted by Crippen LogP contribution is -2.21. The molecule has 17 heavy (non-hydrogen) atoms. The maximum Gasteiger partial charge on any atom is 0.227 e. The van der Waals surface area contributed by atoms with Crippen LogP contribution in [-0.4, -0.2) is 5.91 Å². The van der Waals surface area contributed by atoms with E-state index in [1.54, 1.807) is 0 Å². The summed E-state index contributed by atoms with van der Waals surface area (Å²) in [7, 11) is 0. The molecule has 0 aromatic heterocycles. The fourth-order valence-corrected chi connectivity index (χ4v) is 2.62. The molecule has 1 N–H and O–H groups in total.